The maximum atomic E-state index is 6.10. The van der Waals surface area contributed by atoms with Crippen molar-refractivity contribution in [3.8, 4) is 0 Å². The van der Waals surface area contributed by atoms with E-state index < -0.39 is 0 Å². The Kier molecular flexibility index (Phi) is 5.89. The molecule has 0 saturated carbocycles. The molecule has 0 spiro atoms. The number of benzene rings is 1. The molecule has 2 aromatic rings. The highest BCUT2D eigenvalue weighted by molar-refractivity contribution is 9.11. The smallest absolute Gasteiger partial charge is 0.0701 e. The molecule has 0 aliphatic carbocycles. The van der Waals surface area contributed by atoms with Crippen molar-refractivity contribution in [1.82, 2.24) is 5.32 Å². The van der Waals surface area contributed by atoms with Crippen molar-refractivity contribution >= 4 is 38.9 Å². The van der Waals surface area contributed by atoms with Gasteiger partial charge in [0.25, 0.3) is 0 Å². The maximum Gasteiger partial charge on any atom is 0.0701 e. The van der Waals surface area contributed by atoms with Crippen LogP contribution in [0.25, 0.3) is 0 Å². The first-order valence-electron chi connectivity index (χ1n) is 6.42. The first-order valence-corrected chi connectivity index (χ1v) is 8.41. The number of rotatable bonds is 6. The highest BCUT2D eigenvalue weighted by Gasteiger charge is 2.13. The van der Waals surface area contributed by atoms with Gasteiger partial charge in [-0.1, -0.05) is 30.7 Å². The molecule has 1 aromatic carbocycles. The van der Waals surface area contributed by atoms with Gasteiger partial charge < -0.3 is 5.32 Å². The second-order valence-electron chi connectivity index (χ2n) is 4.47. The highest BCUT2D eigenvalue weighted by atomic mass is 79.9. The molecule has 0 aliphatic rings. The normalized spacial score (nSPS) is 12.6. The van der Waals surface area contributed by atoms with Crippen LogP contribution in [0.15, 0.2) is 40.2 Å². The summed E-state index contributed by atoms with van der Waals surface area (Å²) >= 11 is 11.4. The minimum atomic E-state index is 0.323. The zero-order chi connectivity index (χ0) is 13.7. The van der Waals surface area contributed by atoms with Crippen molar-refractivity contribution in [3.05, 3.63) is 55.6 Å². The molecule has 0 radical (unpaired) electrons. The third-order valence-electron chi connectivity index (χ3n) is 2.93. The van der Waals surface area contributed by atoms with Crippen LogP contribution < -0.4 is 5.32 Å². The lowest BCUT2D eigenvalue weighted by molar-refractivity contribution is 0.532. The summed E-state index contributed by atoms with van der Waals surface area (Å²) in [6.07, 6.45) is 2.13. The average Bonchev–Trinajstić information content (AvgIpc) is 2.80. The second-order valence-corrected chi connectivity index (χ2v) is 7.46. The molecule has 1 unspecified atom stereocenters. The number of hydrogen-bond donors (Lipinski definition) is 1. The molecule has 1 aromatic heterocycles. The highest BCUT2D eigenvalue weighted by Crippen LogP contribution is 2.27. The molecule has 2 rings (SSSR count). The fraction of sp³-hybridized carbons (Fsp3) is 0.333. The Hall–Kier alpha value is -0.350. The summed E-state index contributed by atoms with van der Waals surface area (Å²) < 4.78 is 1.18. The van der Waals surface area contributed by atoms with E-state index in [4.69, 9.17) is 11.6 Å². The fourth-order valence-electron chi connectivity index (χ4n) is 2.01. The molecule has 102 valence electrons. The van der Waals surface area contributed by atoms with E-state index in [0.717, 1.165) is 24.4 Å². The number of nitrogens with one attached hydrogen (secondary N) is 1. The second kappa shape index (κ2) is 7.44. The van der Waals surface area contributed by atoms with Gasteiger partial charge in [-0.25, -0.2) is 0 Å². The zero-order valence-corrected chi connectivity index (χ0v) is 14.0. The minimum absolute atomic E-state index is 0.323. The maximum absolute atomic E-state index is 6.10. The van der Waals surface area contributed by atoms with Crippen LogP contribution in [-0.2, 0) is 6.42 Å². The van der Waals surface area contributed by atoms with E-state index in [9.17, 15) is 0 Å². The summed E-state index contributed by atoms with van der Waals surface area (Å²) in [5.41, 5.74) is 1.26. The third-order valence-corrected chi connectivity index (χ3v) is 4.81. The van der Waals surface area contributed by atoms with Gasteiger partial charge in [0.15, 0.2) is 0 Å². The van der Waals surface area contributed by atoms with Crippen LogP contribution in [0, 0.1) is 0 Å². The Morgan fingerprint density at radius 2 is 2.16 bits per heavy atom. The zero-order valence-electron chi connectivity index (χ0n) is 10.8. The van der Waals surface area contributed by atoms with Crippen molar-refractivity contribution < 1.29 is 0 Å². The van der Waals surface area contributed by atoms with E-state index in [1.165, 1.54) is 14.2 Å². The van der Waals surface area contributed by atoms with Crippen molar-refractivity contribution in [1.29, 1.82) is 0 Å². The monoisotopic (exact) mass is 357 g/mol. The van der Waals surface area contributed by atoms with Crippen LogP contribution >= 0.6 is 38.9 Å². The largest absolute Gasteiger partial charge is 0.310 e. The molecule has 0 fully saturated rings. The molecule has 19 heavy (non-hydrogen) atoms. The Morgan fingerprint density at radius 3 is 2.79 bits per heavy atom. The Balaban J connectivity index is 2.15. The molecule has 1 atom stereocenters. The number of hydrogen-bond acceptors (Lipinski definition) is 2. The van der Waals surface area contributed by atoms with E-state index in [1.807, 2.05) is 12.1 Å². The van der Waals surface area contributed by atoms with Crippen LogP contribution in [0.3, 0.4) is 0 Å². The molecule has 4 heteroatoms. The van der Waals surface area contributed by atoms with E-state index in [-0.39, 0.29) is 0 Å². The van der Waals surface area contributed by atoms with Gasteiger partial charge in [0.1, 0.15) is 0 Å². The van der Waals surface area contributed by atoms with Gasteiger partial charge in [0.2, 0.25) is 0 Å². The molecule has 0 amide bonds. The first-order chi connectivity index (χ1) is 9.19. The van der Waals surface area contributed by atoms with E-state index in [0.29, 0.717) is 6.04 Å². The molecule has 0 bridgehead atoms. The summed E-state index contributed by atoms with van der Waals surface area (Å²) in [7, 11) is 0. The molecular formula is C15H17BrClNS. The predicted octanol–water partition coefficient (Wildman–Crippen LogP) is 5.45. The molecule has 1 heterocycles. The van der Waals surface area contributed by atoms with Crippen LogP contribution in [0.2, 0.25) is 5.02 Å². The van der Waals surface area contributed by atoms with Crippen molar-refractivity contribution in [2.75, 3.05) is 6.54 Å². The Bertz CT molecular complexity index is 526. The number of thiophene rings is 1. The van der Waals surface area contributed by atoms with Crippen molar-refractivity contribution in [2.45, 2.75) is 25.8 Å². The number of halogens is 2. The van der Waals surface area contributed by atoms with Crippen molar-refractivity contribution in [2.24, 2.45) is 0 Å². The first kappa shape index (κ1) is 15.0. The lowest BCUT2D eigenvalue weighted by Gasteiger charge is -2.18. The standard InChI is InChI=1S/C15H17BrClNS/c1-2-8-18-14(10-13-6-7-15(16)19-13)11-4-3-5-12(17)9-11/h3-7,9,14,18H,2,8,10H2,1H3. The van der Waals surface area contributed by atoms with Crippen molar-refractivity contribution in [3.63, 3.8) is 0 Å². The van der Waals surface area contributed by atoms with Gasteiger partial charge in [0, 0.05) is 22.4 Å². The van der Waals surface area contributed by atoms with Gasteiger partial charge >= 0.3 is 0 Å². The summed E-state index contributed by atoms with van der Waals surface area (Å²) in [6, 6.07) is 12.7. The fourth-order valence-corrected chi connectivity index (χ4v) is 3.74. The predicted molar refractivity (Wildman–Crippen MR) is 88.2 cm³/mol. The third kappa shape index (κ3) is 4.60. The average molecular weight is 359 g/mol. The van der Waals surface area contributed by atoms with Gasteiger partial charge in [-0.15, -0.1) is 11.3 Å². The molecule has 0 saturated heterocycles. The quantitative estimate of drug-likeness (QED) is 0.724. The lowest BCUT2D eigenvalue weighted by Crippen LogP contribution is -2.23. The summed E-state index contributed by atoms with van der Waals surface area (Å²) in [5, 5.41) is 4.40. The SMILES string of the molecule is CCCNC(Cc1ccc(Br)s1)c1cccc(Cl)c1. The summed E-state index contributed by atoms with van der Waals surface area (Å²) in [4.78, 5) is 1.38. The topological polar surface area (TPSA) is 12.0 Å². The summed E-state index contributed by atoms with van der Waals surface area (Å²) in [6.45, 7) is 3.20. The molecule has 1 nitrogen and oxygen atoms in total. The summed E-state index contributed by atoms with van der Waals surface area (Å²) in [5.74, 6) is 0. The molecular weight excluding hydrogens is 342 g/mol. The minimum Gasteiger partial charge on any atom is -0.310 e. The van der Waals surface area contributed by atoms with Crippen LogP contribution in [0.1, 0.15) is 29.8 Å². The van der Waals surface area contributed by atoms with Gasteiger partial charge in [0.05, 0.1) is 3.79 Å². The van der Waals surface area contributed by atoms with Crippen LogP contribution in [-0.4, -0.2) is 6.54 Å². The van der Waals surface area contributed by atoms with Crippen LogP contribution in [0.4, 0.5) is 0 Å². The molecule has 1 N–H and O–H groups in total. The van der Waals surface area contributed by atoms with E-state index in [1.54, 1.807) is 11.3 Å². The van der Waals surface area contributed by atoms with E-state index in [2.05, 4.69) is 52.4 Å². The molecule has 0 aliphatic heterocycles. The van der Waals surface area contributed by atoms with Gasteiger partial charge in [-0.3, -0.25) is 0 Å². The van der Waals surface area contributed by atoms with E-state index >= 15 is 0 Å². The van der Waals surface area contributed by atoms with Gasteiger partial charge in [-0.05, 0) is 58.7 Å². The Morgan fingerprint density at radius 1 is 1.32 bits per heavy atom. The Labute approximate surface area is 132 Å². The van der Waals surface area contributed by atoms with Gasteiger partial charge in [-0.2, -0.15) is 0 Å². The lowest BCUT2D eigenvalue weighted by atomic mass is 10.0. The van der Waals surface area contributed by atoms with Crippen LogP contribution in [0.5, 0.6) is 0 Å².